The van der Waals surface area contributed by atoms with E-state index in [0.717, 1.165) is 10.9 Å². The van der Waals surface area contributed by atoms with Gasteiger partial charge in [-0.25, -0.2) is 0 Å². The number of amides is 1. The summed E-state index contributed by atoms with van der Waals surface area (Å²) in [7, 11) is 0. The van der Waals surface area contributed by atoms with Crippen molar-refractivity contribution in [3.63, 3.8) is 0 Å². The number of hydrogen-bond donors (Lipinski definition) is 1. The van der Waals surface area contributed by atoms with Crippen molar-refractivity contribution in [2.45, 2.75) is 13.0 Å². The molecule has 0 radical (unpaired) electrons. The number of para-hydroxylation sites is 1. The second kappa shape index (κ2) is 7.37. The number of rotatable bonds is 5. The van der Waals surface area contributed by atoms with Crippen LogP contribution >= 0.6 is 11.6 Å². The van der Waals surface area contributed by atoms with Crippen molar-refractivity contribution in [1.82, 2.24) is 5.32 Å². The normalized spacial score (nSPS) is 11.9. The van der Waals surface area contributed by atoms with Crippen molar-refractivity contribution >= 4 is 28.3 Å². The van der Waals surface area contributed by atoms with Crippen LogP contribution in [0.15, 0.2) is 66.7 Å². The Morgan fingerprint density at radius 2 is 1.75 bits per heavy atom. The predicted molar refractivity (Wildman–Crippen MR) is 97.5 cm³/mol. The van der Waals surface area contributed by atoms with Crippen molar-refractivity contribution in [3.8, 4) is 5.75 Å². The lowest BCUT2D eigenvalue weighted by atomic mass is 10.0. The van der Waals surface area contributed by atoms with Gasteiger partial charge < -0.3 is 10.1 Å². The van der Waals surface area contributed by atoms with E-state index >= 15 is 0 Å². The summed E-state index contributed by atoms with van der Waals surface area (Å²) in [6, 6.07) is 21.3. The van der Waals surface area contributed by atoms with Crippen LogP contribution < -0.4 is 10.1 Å². The SMILES string of the molecule is C[C@@H](NC(=O)COc1ccccc1Cl)c1ccc2ccccc2c1. The van der Waals surface area contributed by atoms with Gasteiger partial charge in [-0.3, -0.25) is 4.79 Å². The third-order valence-corrected chi connectivity index (χ3v) is 4.16. The molecular formula is C20H18ClNO2. The zero-order valence-corrected chi connectivity index (χ0v) is 14.1. The number of benzene rings is 3. The highest BCUT2D eigenvalue weighted by atomic mass is 35.5. The summed E-state index contributed by atoms with van der Waals surface area (Å²) in [5, 5.41) is 5.78. The minimum Gasteiger partial charge on any atom is -0.482 e. The highest BCUT2D eigenvalue weighted by molar-refractivity contribution is 6.32. The molecule has 0 fully saturated rings. The van der Waals surface area contributed by atoms with Gasteiger partial charge in [0.05, 0.1) is 11.1 Å². The summed E-state index contributed by atoms with van der Waals surface area (Å²) < 4.78 is 5.46. The third-order valence-electron chi connectivity index (χ3n) is 3.85. The van der Waals surface area contributed by atoms with Crippen molar-refractivity contribution < 1.29 is 9.53 Å². The Morgan fingerprint density at radius 3 is 2.54 bits per heavy atom. The van der Waals surface area contributed by atoms with Crippen LogP contribution in [0.5, 0.6) is 5.75 Å². The van der Waals surface area contributed by atoms with Crippen molar-refractivity contribution in [1.29, 1.82) is 0 Å². The number of hydrogen-bond acceptors (Lipinski definition) is 2. The molecule has 0 saturated heterocycles. The van der Waals surface area contributed by atoms with Crippen LogP contribution in [0.3, 0.4) is 0 Å². The van der Waals surface area contributed by atoms with E-state index in [-0.39, 0.29) is 18.6 Å². The van der Waals surface area contributed by atoms with Gasteiger partial charge >= 0.3 is 0 Å². The predicted octanol–water partition coefficient (Wildman–Crippen LogP) is 4.75. The smallest absolute Gasteiger partial charge is 0.258 e. The number of halogens is 1. The van der Waals surface area contributed by atoms with E-state index in [1.165, 1.54) is 5.39 Å². The van der Waals surface area contributed by atoms with Gasteiger partial charge in [-0.2, -0.15) is 0 Å². The molecule has 3 nitrogen and oxygen atoms in total. The molecule has 0 unspecified atom stereocenters. The van der Waals surface area contributed by atoms with Gasteiger partial charge in [0.25, 0.3) is 5.91 Å². The molecule has 0 spiro atoms. The van der Waals surface area contributed by atoms with Crippen molar-refractivity contribution in [2.24, 2.45) is 0 Å². The molecule has 3 aromatic carbocycles. The van der Waals surface area contributed by atoms with Crippen molar-refractivity contribution in [2.75, 3.05) is 6.61 Å². The quantitative estimate of drug-likeness (QED) is 0.728. The van der Waals surface area contributed by atoms with Crippen molar-refractivity contribution in [3.05, 3.63) is 77.3 Å². The molecule has 0 aliphatic heterocycles. The van der Waals surface area contributed by atoms with Gasteiger partial charge in [-0.1, -0.05) is 60.1 Å². The molecule has 1 amide bonds. The van der Waals surface area contributed by atoms with E-state index in [9.17, 15) is 4.79 Å². The highest BCUT2D eigenvalue weighted by Crippen LogP contribution is 2.23. The second-order valence-electron chi connectivity index (χ2n) is 5.61. The number of fused-ring (bicyclic) bond motifs is 1. The summed E-state index contributed by atoms with van der Waals surface area (Å²) >= 11 is 6.01. The second-order valence-corrected chi connectivity index (χ2v) is 6.02. The van der Waals surface area contributed by atoms with Crippen LogP contribution in [0, 0.1) is 0 Å². The summed E-state index contributed by atoms with van der Waals surface area (Å²) in [4.78, 5) is 12.1. The summed E-state index contributed by atoms with van der Waals surface area (Å²) in [5.41, 5.74) is 1.06. The molecule has 122 valence electrons. The minimum absolute atomic E-state index is 0.0678. The van der Waals surface area contributed by atoms with E-state index in [0.29, 0.717) is 10.8 Å². The molecule has 0 bridgehead atoms. The monoisotopic (exact) mass is 339 g/mol. The van der Waals surface area contributed by atoms with Crippen LogP contribution in [0.2, 0.25) is 5.02 Å². The standard InChI is InChI=1S/C20H18ClNO2/c1-14(16-11-10-15-6-2-3-7-17(15)12-16)22-20(23)13-24-19-9-5-4-8-18(19)21/h2-12,14H,13H2,1H3,(H,22,23)/t14-/m1/s1. The average molecular weight is 340 g/mol. The first-order valence-corrected chi connectivity index (χ1v) is 8.16. The Bertz CT molecular complexity index is 863. The topological polar surface area (TPSA) is 38.3 Å². The zero-order chi connectivity index (χ0) is 16.9. The lowest BCUT2D eigenvalue weighted by Gasteiger charge is -2.15. The zero-order valence-electron chi connectivity index (χ0n) is 13.3. The van der Waals surface area contributed by atoms with E-state index in [1.54, 1.807) is 12.1 Å². The van der Waals surface area contributed by atoms with Crippen LogP contribution in [0.4, 0.5) is 0 Å². The number of carbonyl (C=O) groups excluding carboxylic acids is 1. The number of carbonyl (C=O) groups is 1. The highest BCUT2D eigenvalue weighted by Gasteiger charge is 2.11. The van der Waals surface area contributed by atoms with Gasteiger partial charge in [0.1, 0.15) is 5.75 Å². The number of nitrogens with one attached hydrogen (secondary N) is 1. The Morgan fingerprint density at radius 1 is 1.04 bits per heavy atom. The first-order chi connectivity index (χ1) is 11.6. The van der Waals surface area contributed by atoms with Gasteiger partial charge in [0.2, 0.25) is 0 Å². The molecule has 0 aliphatic carbocycles. The molecule has 4 heteroatoms. The summed E-state index contributed by atoms with van der Waals surface area (Å²) in [6.07, 6.45) is 0. The van der Waals surface area contributed by atoms with Crippen LogP contribution in [-0.2, 0) is 4.79 Å². The molecule has 0 saturated carbocycles. The lowest BCUT2D eigenvalue weighted by Crippen LogP contribution is -2.31. The van der Waals surface area contributed by atoms with E-state index in [1.807, 2.05) is 37.3 Å². The van der Waals surface area contributed by atoms with E-state index in [2.05, 4.69) is 29.6 Å². The Labute approximate surface area is 146 Å². The lowest BCUT2D eigenvalue weighted by molar-refractivity contribution is -0.123. The van der Waals surface area contributed by atoms with Crippen LogP contribution in [0.1, 0.15) is 18.5 Å². The van der Waals surface area contributed by atoms with E-state index in [4.69, 9.17) is 16.3 Å². The fraction of sp³-hybridized carbons (Fsp3) is 0.150. The molecule has 1 atom stereocenters. The maximum atomic E-state index is 12.1. The maximum absolute atomic E-state index is 12.1. The van der Waals surface area contributed by atoms with Crippen LogP contribution in [0.25, 0.3) is 10.8 Å². The van der Waals surface area contributed by atoms with E-state index < -0.39 is 0 Å². The van der Waals surface area contributed by atoms with Gasteiger partial charge in [-0.05, 0) is 41.5 Å². The summed E-state index contributed by atoms with van der Waals surface area (Å²) in [6.45, 7) is 1.89. The molecular weight excluding hydrogens is 322 g/mol. The first kappa shape index (κ1) is 16.3. The maximum Gasteiger partial charge on any atom is 0.258 e. The molecule has 3 rings (SSSR count). The fourth-order valence-electron chi connectivity index (χ4n) is 2.55. The molecule has 0 heterocycles. The van der Waals surface area contributed by atoms with Gasteiger partial charge in [0, 0.05) is 0 Å². The largest absolute Gasteiger partial charge is 0.482 e. The summed E-state index contributed by atoms with van der Waals surface area (Å²) in [5.74, 6) is 0.322. The third kappa shape index (κ3) is 3.87. The van der Waals surface area contributed by atoms with Gasteiger partial charge in [0.15, 0.2) is 6.61 Å². The van der Waals surface area contributed by atoms with Crippen LogP contribution in [-0.4, -0.2) is 12.5 Å². The first-order valence-electron chi connectivity index (χ1n) is 7.79. The molecule has 1 N–H and O–H groups in total. The Kier molecular flexibility index (Phi) is 5.02. The van der Waals surface area contributed by atoms with Gasteiger partial charge in [-0.15, -0.1) is 0 Å². The average Bonchev–Trinajstić information content (AvgIpc) is 2.60. The minimum atomic E-state index is -0.185. The molecule has 0 aromatic heterocycles. The number of ether oxygens (including phenoxy) is 1. The molecule has 3 aromatic rings. The molecule has 24 heavy (non-hydrogen) atoms. The fourth-order valence-corrected chi connectivity index (χ4v) is 2.74. The molecule has 0 aliphatic rings. The Balaban J connectivity index is 1.61. The Hall–Kier alpha value is -2.52.